The van der Waals surface area contributed by atoms with Gasteiger partial charge in [0.05, 0.1) is 24.4 Å². The molecule has 1 aromatic carbocycles. The number of halogens is 2. The molecule has 0 bridgehead atoms. The van der Waals surface area contributed by atoms with Gasteiger partial charge >= 0.3 is 0 Å². The lowest BCUT2D eigenvalue weighted by Gasteiger charge is -2.26. The second kappa shape index (κ2) is 6.89. The molecule has 1 aromatic rings. The number of alkyl halides is 2. The third-order valence-electron chi connectivity index (χ3n) is 2.56. The third-order valence-corrected chi connectivity index (χ3v) is 2.56. The third kappa shape index (κ3) is 4.06. The molecule has 0 aromatic heterocycles. The van der Waals surface area contributed by atoms with E-state index in [9.17, 15) is 13.6 Å². The molecule has 0 spiro atoms. The molecule has 0 saturated carbocycles. The Morgan fingerprint density at radius 1 is 1.53 bits per heavy atom. The molecule has 0 heterocycles. The minimum absolute atomic E-state index is 0.00219. The summed E-state index contributed by atoms with van der Waals surface area (Å²) in [6.07, 6.45) is -2.58. The van der Waals surface area contributed by atoms with Crippen LogP contribution < -0.4 is 16.0 Å². The van der Waals surface area contributed by atoms with Crippen LogP contribution in [0.2, 0.25) is 0 Å². The zero-order chi connectivity index (χ0) is 14.4. The number of hydrogen-bond acceptors (Lipinski definition) is 4. The maximum absolute atomic E-state index is 12.6. The number of nitrogens with two attached hydrogens (primary N) is 1. The van der Waals surface area contributed by atoms with Crippen LogP contribution in [-0.2, 0) is 0 Å². The molecule has 0 aliphatic rings. The first-order valence-electron chi connectivity index (χ1n) is 5.75. The van der Waals surface area contributed by atoms with Gasteiger partial charge in [-0.1, -0.05) is 0 Å². The van der Waals surface area contributed by atoms with E-state index in [1.165, 1.54) is 30.1 Å². The van der Waals surface area contributed by atoms with Crippen molar-refractivity contribution in [3.8, 4) is 0 Å². The lowest BCUT2D eigenvalue weighted by molar-refractivity contribution is 0.0962. The standard InChI is InChI=1S/C12H17F2N3O2/c1-16-12(19)9-3-2-8(15)6-10(9)17(4-5-18)7-11(13)14/h2-3,6,11,18H,4-5,7,15H2,1H3,(H,16,19). The zero-order valence-electron chi connectivity index (χ0n) is 10.6. The van der Waals surface area contributed by atoms with Gasteiger partial charge in [-0.15, -0.1) is 0 Å². The maximum Gasteiger partial charge on any atom is 0.255 e. The van der Waals surface area contributed by atoms with Crippen LogP contribution in [0.5, 0.6) is 0 Å². The summed E-state index contributed by atoms with van der Waals surface area (Å²) in [5.41, 5.74) is 6.51. The van der Waals surface area contributed by atoms with E-state index in [-0.39, 0.29) is 24.4 Å². The number of nitrogens with zero attached hydrogens (tertiary/aromatic N) is 1. The average molecular weight is 273 g/mol. The van der Waals surface area contributed by atoms with Crippen LogP contribution in [-0.4, -0.2) is 44.2 Å². The van der Waals surface area contributed by atoms with Gasteiger partial charge in [-0.05, 0) is 18.2 Å². The number of carbonyl (C=O) groups is 1. The highest BCUT2D eigenvalue weighted by Gasteiger charge is 2.19. The molecule has 0 fully saturated rings. The number of hydrogen-bond donors (Lipinski definition) is 3. The fourth-order valence-corrected chi connectivity index (χ4v) is 1.73. The van der Waals surface area contributed by atoms with E-state index in [0.717, 1.165) is 0 Å². The van der Waals surface area contributed by atoms with Gasteiger partial charge in [0.1, 0.15) is 0 Å². The van der Waals surface area contributed by atoms with Gasteiger partial charge in [-0.2, -0.15) is 0 Å². The number of nitrogens with one attached hydrogen (secondary N) is 1. The second-order valence-electron chi connectivity index (χ2n) is 3.92. The average Bonchev–Trinajstić information content (AvgIpc) is 2.36. The molecule has 0 aliphatic carbocycles. The summed E-state index contributed by atoms with van der Waals surface area (Å²) in [6, 6.07) is 4.44. The Hall–Kier alpha value is -1.89. The molecule has 106 valence electrons. The van der Waals surface area contributed by atoms with Crippen LogP contribution in [0.25, 0.3) is 0 Å². The molecule has 4 N–H and O–H groups in total. The molecule has 19 heavy (non-hydrogen) atoms. The molecule has 1 amide bonds. The molecular weight excluding hydrogens is 256 g/mol. The topological polar surface area (TPSA) is 78.6 Å². The van der Waals surface area contributed by atoms with Crippen molar-refractivity contribution in [2.75, 3.05) is 37.4 Å². The highest BCUT2D eigenvalue weighted by Crippen LogP contribution is 2.24. The van der Waals surface area contributed by atoms with Crippen molar-refractivity contribution in [2.24, 2.45) is 0 Å². The van der Waals surface area contributed by atoms with Gasteiger partial charge < -0.3 is 21.1 Å². The van der Waals surface area contributed by atoms with Gasteiger partial charge in [-0.25, -0.2) is 8.78 Å². The summed E-state index contributed by atoms with van der Waals surface area (Å²) < 4.78 is 25.1. The van der Waals surface area contributed by atoms with E-state index >= 15 is 0 Å². The molecule has 0 aliphatic heterocycles. The molecule has 0 radical (unpaired) electrons. The Morgan fingerprint density at radius 3 is 2.74 bits per heavy atom. The van der Waals surface area contributed by atoms with Crippen molar-refractivity contribution in [2.45, 2.75) is 6.43 Å². The Bertz CT molecular complexity index is 441. The van der Waals surface area contributed by atoms with Crippen molar-refractivity contribution in [3.63, 3.8) is 0 Å². The first-order valence-corrected chi connectivity index (χ1v) is 5.75. The minimum atomic E-state index is -2.58. The molecular formula is C12H17F2N3O2. The first kappa shape index (κ1) is 15.2. The normalized spacial score (nSPS) is 10.6. The quantitative estimate of drug-likeness (QED) is 0.666. The van der Waals surface area contributed by atoms with Gasteiger partial charge in [0.2, 0.25) is 0 Å². The van der Waals surface area contributed by atoms with E-state index in [2.05, 4.69) is 5.32 Å². The van der Waals surface area contributed by atoms with E-state index < -0.39 is 18.9 Å². The van der Waals surface area contributed by atoms with Crippen LogP contribution in [0.4, 0.5) is 20.2 Å². The largest absolute Gasteiger partial charge is 0.399 e. The molecule has 7 heteroatoms. The number of carbonyl (C=O) groups excluding carboxylic acids is 1. The summed E-state index contributed by atoms with van der Waals surface area (Å²) in [5, 5.41) is 11.4. The lowest BCUT2D eigenvalue weighted by Crippen LogP contribution is -2.34. The minimum Gasteiger partial charge on any atom is -0.399 e. The highest BCUT2D eigenvalue weighted by molar-refractivity contribution is 6.00. The van der Waals surface area contributed by atoms with Crippen LogP contribution in [0.3, 0.4) is 0 Å². The number of amides is 1. The van der Waals surface area contributed by atoms with Gasteiger partial charge in [0, 0.05) is 19.3 Å². The summed E-state index contributed by atoms with van der Waals surface area (Å²) in [5.74, 6) is -0.396. The van der Waals surface area contributed by atoms with Crippen LogP contribution in [0.15, 0.2) is 18.2 Å². The number of rotatable bonds is 6. The van der Waals surface area contributed by atoms with Crippen molar-refractivity contribution in [3.05, 3.63) is 23.8 Å². The van der Waals surface area contributed by atoms with E-state index in [1.54, 1.807) is 0 Å². The summed E-state index contributed by atoms with van der Waals surface area (Å²) in [7, 11) is 1.45. The Balaban J connectivity index is 3.18. The number of anilines is 2. The van der Waals surface area contributed by atoms with E-state index in [4.69, 9.17) is 10.8 Å². The Morgan fingerprint density at radius 2 is 2.21 bits per heavy atom. The Kier molecular flexibility index (Phi) is 5.50. The van der Waals surface area contributed by atoms with E-state index in [0.29, 0.717) is 5.69 Å². The fourth-order valence-electron chi connectivity index (χ4n) is 1.73. The number of nitrogen functional groups attached to an aromatic ring is 1. The lowest BCUT2D eigenvalue weighted by atomic mass is 10.1. The molecule has 0 unspecified atom stereocenters. The second-order valence-corrected chi connectivity index (χ2v) is 3.92. The number of benzene rings is 1. The van der Waals surface area contributed by atoms with Crippen molar-refractivity contribution in [1.29, 1.82) is 0 Å². The molecule has 0 atom stereocenters. The Labute approximate surface area is 110 Å². The monoisotopic (exact) mass is 273 g/mol. The molecule has 5 nitrogen and oxygen atoms in total. The van der Waals surface area contributed by atoms with Crippen molar-refractivity contribution >= 4 is 17.3 Å². The SMILES string of the molecule is CNC(=O)c1ccc(N)cc1N(CCO)CC(F)F. The van der Waals surface area contributed by atoms with Gasteiger partial charge in [0.25, 0.3) is 12.3 Å². The zero-order valence-corrected chi connectivity index (χ0v) is 10.6. The van der Waals surface area contributed by atoms with Gasteiger partial charge in [0.15, 0.2) is 0 Å². The van der Waals surface area contributed by atoms with Gasteiger partial charge in [-0.3, -0.25) is 4.79 Å². The smallest absolute Gasteiger partial charge is 0.255 e. The van der Waals surface area contributed by atoms with Crippen LogP contribution >= 0.6 is 0 Å². The van der Waals surface area contributed by atoms with E-state index in [1.807, 2.05) is 0 Å². The number of aliphatic hydroxyl groups is 1. The fraction of sp³-hybridized carbons (Fsp3) is 0.417. The van der Waals surface area contributed by atoms with Crippen molar-refractivity contribution < 1.29 is 18.7 Å². The predicted octanol–water partition coefficient (Wildman–Crippen LogP) is 0.692. The predicted molar refractivity (Wildman–Crippen MR) is 69.5 cm³/mol. The molecule has 1 rings (SSSR count). The van der Waals surface area contributed by atoms with Crippen LogP contribution in [0.1, 0.15) is 10.4 Å². The first-order chi connectivity index (χ1) is 8.99. The summed E-state index contributed by atoms with van der Waals surface area (Å²) >= 11 is 0. The summed E-state index contributed by atoms with van der Waals surface area (Å²) in [4.78, 5) is 13.0. The highest BCUT2D eigenvalue weighted by atomic mass is 19.3. The maximum atomic E-state index is 12.6. The van der Waals surface area contributed by atoms with Crippen molar-refractivity contribution in [1.82, 2.24) is 5.32 Å². The number of aliphatic hydroxyl groups excluding tert-OH is 1. The molecule has 0 saturated heterocycles. The van der Waals surface area contributed by atoms with Crippen LogP contribution in [0, 0.1) is 0 Å². The summed E-state index contributed by atoms with van der Waals surface area (Å²) in [6.45, 7) is -0.875.